The van der Waals surface area contributed by atoms with Crippen molar-refractivity contribution in [2.75, 3.05) is 4.90 Å². The molecule has 0 aliphatic heterocycles. The number of para-hydroxylation sites is 1. The molecule has 0 aliphatic rings. The minimum atomic E-state index is 0.631. The summed E-state index contributed by atoms with van der Waals surface area (Å²) in [5, 5.41) is 4.57. The summed E-state index contributed by atoms with van der Waals surface area (Å²) >= 11 is 0. The number of furan rings is 1. The highest BCUT2D eigenvalue weighted by molar-refractivity contribution is 6.04. The van der Waals surface area contributed by atoms with E-state index >= 15 is 0 Å². The highest BCUT2D eigenvalue weighted by atomic mass is 16.3. The Morgan fingerprint density at radius 3 is 1.83 bits per heavy atom. The van der Waals surface area contributed by atoms with Gasteiger partial charge in [0.05, 0.1) is 0 Å². The number of nitrogens with zero attached hydrogens (tertiary/aromatic N) is 2. The second kappa shape index (κ2) is 10.1. The standard InChI is InChI=1S/C39H26N2O/c1-2-9-27(10-3-1)28-17-21-31(22-18-28)41(38-26-25-36-35-14-6-7-16-37(35)42-39(36)40-38)32-23-19-30(20-24-32)34-15-8-12-29-11-4-5-13-33(29)34/h1-26H. The van der Waals surface area contributed by atoms with E-state index in [1.54, 1.807) is 0 Å². The highest BCUT2D eigenvalue weighted by Crippen LogP contribution is 2.38. The van der Waals surface area contributed by atoms with Crippen LogP contribution in [0.4, 0.5) is 17.2 Å². The van der Waals surface area contributed by atoms with E-state index in [4.69, 9.17) is 9.40 Å². The number of hydrogen-bond donors (Lipinski definition) is 0. The van der Waals surface area contributed by atoms with Crippen molar-refractivity contribution in [3.8, 4) is 22.3 Å². The minimum Gasteiger partial charge on any atom is -0.438 e. The fourth-order valence-electron chi connectivity index (χ4n) is 5.83. The first kappa shape index (κ1) is 24.2. The zero-order chi connectivity index (χ0) is 27.9. The minimum absolute atomic E-state index is 0.631. The zero-order valence-corrected chi connectivity index (χ0v) is 22.8. The van der Waals surface area contributed by atoms with Gasteiger partial charge in [-0.2, -0.15) is 4.98 Å². The van der Waals surface area contributed by atoms with Crippen molar-refractivity contribution in [1.82, 2.24) is 4.98 Å². The third-order valence-corrected chi connectivity index (χ3v) is 7.92. The predicted octanol–water partition coefficient (Wildman–Crippen LogP) is 10.9. The Labute approximate surface area is 243 Å². The SMILES string of the molecule is c1ccc(-c2ccc(N(c3ccc(-c4cccc5ccccc45)cc3)c3ccc4c(n3)oc3ccccc34)cc2)cc1. The smallest absolute Gasteiger partial charge is 0.229 e. The predicted molar refractivity (Wildman–Crippen MR) is 175 cm³/mol. The summed E-state index contributed by atoms with van der Waals surface area (Å²) < 4.78 is 6.17. The van der Waals surface area contributed by atoms with Crippen LogP contribution in [-0.4, -0.2) is 4.98 Å². The second-order valence-corrected chi connectivity index (χ2v) is 10.4. The summed E-state index contributed by atoms with van der Waals surface area (Å²) in [7, 11) is 0. The molecule has 0 fully saturated rings. The molecule has 0 saturated heterocycles. The Bertz CT molecular complexity index is 2170. The van der Waals surface area contributed by atoms with E-state index in [-0.39, 0.29) is 0 Å². The van der Waals surface area contributed by atoms with Crippen molar-refractivity contribution in [3.05, 3.63) is 158 Å². The summed E-state index contributed by atoms with van der Waals surface area (Å²) in [4.78, 5) is 7.22. The van der Waals surface area contributed by atoms with Crippen LogP contribution < -0.4 is 4.90 Å². The van der Waals surface area contributed by atoms with Crippen LogP contribution in [0.15, 0.2) is 162 Å². The Kier molecular flexibility index (Phi) is 5.79. The van der Waals surface area contributed by atoms with Crippen molar-refractivity contribution < 1.29 is 4.42 Å². The number of hydrogen-bond acceptors (Lipinski definition) is 3. The molecule has 0 radical (unpaired) electrons. The summed E-state index contributed by atoms with van der Waals surface area (Å²) in [6.45, 7) is 0. The monoisotopic (exact) mass is 538 g/mol. The highest BCUT2D eigenvalue weighted by Gasteiger charge is 2.17. The molecule has 0 spiro atoms. The van der Waals surface area contributed by atoms with Crippen LogP contribution in [0.3, 0.4) is 0 Å². The molecule has 3 heteroatoms. The first-order valence-electron chi connectivity index (χ1n) is 14.1. The van der Waals surface area contributed by atoms with E-state index in [9.17, 15) is 0 Å². The molecule has 0 bridgehead atoms. The molecule has 0 unspecified atom stereocenters. The fraction of sp³-hybridized carbons (Fsp3) is 0. The molecular formula is C39H26N2O. The van der Waals surface area contributed by atoms with E-state index in [0.717, 1.165) is 33.5 Å². The Morgan fingerprint density at radius 2 is 1.05 bits per heavy atom. The topological polar surface area (TPSA) is 29.3 Å². The molecule has 2 aromatic heterocycles. The Morgan fingerprint density at radius 1 is 0.429 bits per heavy atom. The van der Waals surface area contributed by atoms with E-state index in [2.05, 4.69) is 138 Å². The van der Waals surface area contributed by atoms with Gasteiger partial charge in [-0.25, -0.2) is 0 Å². The van der Waals surface area contributed by atoms with E-state index in [1.165, 1.54) is 33.0 Å². The first-order chi connectivity index (χ1) is 20.8. The van der Waals surface area contributed by atoms with Crippen molar-refractivity contribution in [2.24, 2.45) is 0 Å². The van der Waals surface area contributed by atoms with Crippen LogP contribution in [0.2, 0.25) is 0 Å². The molecule has 0 amide bonds. The number of aromatic nitrogens is 1. The lowest BCUT2D eigenvalue weighted by Crippen LogP contribution is -2.11. The molecule has 198 valence electrons. The van der Waals surface area contributed by atoms with Gasteiger partial charge in [0.15, 0.2) is 0 Å². The maximum absolute atomic E-state index is 6.17. The molecular weight excluding hydrogens is 512 g/mol. The maximum Gasteiger partial charge on any atom is 0.229 e. The lowest BCUT2D eigenvalue weighted by atomic mass is 9.98. The number of rotatable bonds is 5. The number of benzene rings is 6. The zero-order valence-electron chi connectivity index (χ0n) is 22.8. The number of pyridine rings is 1. The van der Waals surface area contributed by atoms with Crippen molar-refractivity contribution in [1.29, 1.82) is 0 Å². The molecule has 8 rings (SSSR count). The van der Waals surface area contributed by atoms with Crippen LogP contribution in [0.25, 0.3) is 55.1 Å². The summed E-state index contributed by atoms with van der Waals surface area (Å²) in [5.74, 6) is 0.798. The van der Waals surface area contributed by atoms with Crippen LogP contribution >= 0.6 is 0 Å². The van der Waals surface area contributed by atoms with Crippen LogP contribution in [0.1, 0.15) is 0 Å². The van der Waals surface area contributed by atoms with Gasteiger partial charge in [-0.05, 0) is 75.5 Å². The molecule has 0 atom stereocenters. The van der Waals surface area contributed by atoms with E-state index in [1.807, 2.05) is 24.3 Å². The molecule has 0 saturated carbocycles. The largest absolute Gasteiger partial charge is 0.438 e. The van der Waals surface area contributed by atoms with Gasteiger partial charge in [0.1, 0.15) is 11.4 Å². The number of anilines is 3. The van der Waals surface area contributed by atoms with Crippen LogP contribution in [0, 0.1) is 0 Å². The Balaban J connectivity index is 1.24. The molecule has 6 aromatic carbocycles. The van der Waals surface area contributed by atoms with Gasteiger partial charge in [0.25, 0.3) is 0 Å². The molecule has 2 heterocycles. The van der Waals surface area contributed by atoms with Crippen LogP contribution in [-0.2, 0) is 0 Å². The molecule has 0 N–H and O–H groups in total. The van der Waals surface area contributed by atoms with E-state index < -0.39 is 0 Å². The summed E-state index contributed by atoms with van der Waals surface area (Å²) in [6.07, 6.45) is 0. The van der Waals surface area contributed by atoms with Crippen molar-refractivity contribution >= 4 is 50.0 Å². The fourth-order valence-corrected chi connectivity index (χ4v) is 5.83. The average Bonchev–Trinajstić information content (AvgIpc) is 3.44. The van der Waals surface area contributed by atoms with Crippen molar-refractivity contribution in [3.63, 3.8) is 0 Å². The third kappa shape index (κ3) is 4.20. The quantitative estimate of drug-likeness (QED) is 0.218. The normalized spacial score (nSPS) is 11.3. The molecule has 8 aromatic rings. The second-order valence-electron chi connectivity index (χ2n) is 10.4. The third-order valence-electron chi connectivity index (χ3n) is 7.92. The van der Waals surface area contributed by atoms with Gasteiger partial charge in [-0.1, -0.05) is 115 Å². The summed E-state index contributed by atoms with van der Waals surface area (Å²) in [6, 6.07) is 55.1. The first-order valence-corrected chi connectivity index (χ1v) is 14.1. The van der Waals surface area contributed by atoms with Gasteiger partial charge in [0.2, 0.25) is 5.71 Å². The van der Waals surface area contributed by atoms with Gasteiger partial charge in [-0.15, -0.1) is 0 Å². The number of fused-ring (bicyclic) bond motifs is 4. The van der Waals surface area contributed by atoms with E-state index in [0.29, 0.717) is 5.71 Å². The van der Waals surface area contributed by atoms with Crippen LogP contribution in [0.5, 0.6) is 0 Å². The Hall–Kier alpha value is -5.67. The molecule has 3 nitrogen and oxygen atoms in total. The van der Waals surface area contributed by atoms with Gasteiger partial charge < -0.3 is 4.42 Å². The molecule has 42 heavy (non-hydrogen) atoms. The molecule has 0 aliphatic carbocycles. The lowest BCUT2D eigenvalue weighted by Gasteiger charge is -2.24. The maximum atomic E-state index is 6.17. The summed E-state index contributed by atoms with van der Waals surface area (Å²) in [5.41, 5.74) is 8.28. The van der Waals surface area contributed by atoms with Gasteiger partial charge in [-0.3, -0.25) is 4.90 Å². The van der Waals surface area contributed by atoms with Crippen molar-refractivity contribution in [2.45, 2.75) is 0 Å². The average molecular weight is 539 g/mol. The lowest BCUT2D eigenvalue weighted by molar-refractivity contribution is 0.654. The van der Waals surface area contributed by atoms with Gasteiger partial charge in [0, 0.05) is 22.1 Å². The van der Waals surface area contributed by atoms with Gasteiger partial charge >= 0.3 is 0 Å².